The Balaban J connectivity index is 1.99. The Kier molecular flexibility index (Phi) is 5.43. The number of amides is 1. The first-order valence-corrected chi connectivity index (χ1v) is 10.8. The van der Waals surface area contributed by atoms with Crippen molar-refractivity contribution in [3.63, 3.8) is 0 Å². The predicted molar refractivity (Wildman–Crippen MR) is 114 cm³/mol. The van der Waals surface area contributed by atoms with E-state index in [4.69, 9.17) is 16.3 Å². The number of carbonyl (C=O) groups is 1. The average molecular weight is 427 g/mol. The molecule has 0 aliphatic carbocycles. The van der Waals surface area contributed by atoms with Crippen LogP contribution in [0.5, 0.6) is 5.88 Å². The molecular formula is C21H19ClN4O2S. The number of hydrogen-bond acceptors (Lipinski definition) is 6. The molecule has 0 spiro atoms. The fourth-order valence-electron chi connectivity index (χ4n) is 3.25. The number of rotatable bonds is 3. The number of anilines is 1. The molecule has 0 N–H and O–H groups in total. The van der Waals surface area contributed by atoms with Gasteiger partial charge in [-0.05, 0) is 37.4 Å². The summed E-state index contributed by atoms with van der Waals surface area (Å²) >= 11 is 7.45. The van der Waals surface area contributed by atoms with Gasteiger partial charge in [-0.15, -0.1) is 10.2 Å². The number of carbonyl (C=O) groups excluding carboxylic acids is 1. The van der Waals surface area contributed by atoms with Crippen molar-refractivity contribution < 1.29 is 9.53 Å². The highest BCUT2D eigenvalue weighted by Crippen LogP contribution is 2.44. The zero-order valence-corrected chi connectivity index (χ0v) is 17.8. The summed E-state index contributed by atoms with van der Waals surface area (Å²) in [6.45, 7) is 3.82. The van der Waals surface area contributed by atoms with Crippen LogP contribution in [-0.4, -0.2) is 27.3 Å². The molecule has 2 heterocycles. The second-order valence-corrected chi connectivity index (χ2v) is 7.82. The van der Waals surface area contributed by atoms with Gasteiger partial charge in [0.1, 0.15) is 0 Å². The molecule has 0 unspecified atom stereocenters. The Morgan fingerprint density at radius 1 is 1.21 bits per heavy atom. The van der Waals surface area contributed by atoms with Gasteiger partial charge >= 0.3 is 0 Å². The van der Waals surface area contributed by atoms with E-state index in [2.05, 4.69) is 15.2 Å². The van der Waals surface area contributed by atoms with E-state index >= 15 is 0 Å². The standard InChI is InChI=1S/C21H19ClN4O2S/c1-4-17(27)26-16-10-5-12(2)11-15(16)18-19(23-21(29-3)25-24-18)28-20(26)13-6-8-14(22)9-7-13/h5-11,20H,4H2,1-3H3/t20-/m1/s1. The summed E-state index contributed by atoms with van der Waals surface area (Å²) in [5.41, 5.74) is 3.84. The smallest absolute Gasteiger partial charge is 0.247 e. The molecule has 2 aromatic carbocycles. The molecule has 8 heteroatoms. The summed E-state index contributed by atoms with van der Waals surface area (Å²) in [5, 5.41) is 9.67. The Bertz CT molecular complexity index is 1070. The minimum Gasteiger partial charge on any atom is -0.447 e. The first-order valence-electron chi connectivity index (χ1n) is 9.15. The molecule has 0 fully saturated rings. The van der Waals surface area contributed by atoms with E-state index in [0.29, 0.717) is 33.9 Å². The van der Waals surface area contributed by atoms with Crippen molar-refractivity contribution >= 4 is 35.0 Å². The van der Waals surface area contributed by atoms with E-state index in [1.165, 1.54) is 11.8 Å². The van der Waals surface area contributed by atoms with Crippen LogP contribution >= 0.6 is 23.4 Å². The van der Waals surface area contributed by atoms with Gasteiger partial charge in [-0.2, -0.15) is 4.98 Å². The SMILES string of the molecule is CCC(=O)N1c2ccc(C)cc2-c2nnc(SC)nc2O[C@@H]1c1ccc(Cl)cc1. The predicted octanol–water partition coefficient (Wildman–Crippen LogP) is 5.06. The van der Waals surface area contributed by atoms with Crippen molar-refractivity contribution in [1.82, 2.24) is 15.2 Å². The van der Waals surface area contributed by atoms with Gasteiger partial charge in [0.05, 0.1) is 5.69 Å². The number of nitrogens with zero attached hydrogens (tertiary/aromatic N) is 4. The molecule has 1 aromatic heterocycles. The zero-order valence-electron chi connectivity index (χ0n) is 16.2. The van der Waals surface area contributed by atoms with E-state index in [0.717, 1.165) is 16.7 Å². The van der Waals surface area contributed by atoms with Gasteiger partial charge in [-0.3, -0.25) is 9.69 Å². The van der Waals surface area contributed by atoms with Crippen LogP contribution in [0.3, 0.4) is 0 Å². The van der Waals surface area contributed by atoms with Crippen LogP contribution < -0.4 is 9.64 Å². The van der Waals surface area contributed by atoms with Crippen molar-refractivity contribution in [1.29, 1.82) is 0 Å². The Morgan fingerprint density at radius 2 is 1.97 bits per heavy atom. The molecule has 1 amide bonds. The molecule has 1 aliphatic heterocycles. The number of aromatic nitrogens is 3. The quantitative estimate of drug-likeness (QED) is 0.545. The second-order valence-electron chi connectivity index (χ2n) is 6.61. The van der Waals surface area contributed by atoms with Crippen LogP contribution in [0.2, 0.25) is 5.02 Å². The minimum absolute atomic E-state index is 0.0686. The maximum atomic E-state index is 13.1. The highest BCUT2D eigenvalue weighted by Gasteiger charge is 2.35. The minimum atomic E-state index is -0.700. The van der Waals surface area contributed by atoms with Crippen LogP contribution in [0.4, 0.5) is 5.69 Å². The highest BCUT2D eigenvalue weighted by atomic mass is 35.5. The van der Waals surface area contributed by atoms with Crippen molar-refractivity contribution in [2.24, 2.45) is 0 Å². The molecule has 0 saturated carbocycles. The Labute approximate surface area is 178 Å². The van der Waals surface area contributed by atoms with E-state index in [1.807, 2.05) is 50.4 Å². The van der Waals surface area contributed by atoms with Crippen molar-refractivity contribution in [2.45, 2.75) is 31.7 Å². The lowest BCUT2D eigenvalue weighted by molar-refractivity contribution is -0.120. The van der Waals surface area contributed by atoms with Crippen molar-refractivity contribution in [3.05, 3.63) is 58.6 Å². The van der Waals surface area contributed by atoms with Crippen LogP contribution in [0.1, 0.15) is 30.7 Å². The lowest BCUT2D eigenvalue weighted by Gasteiger charge is -2.30. The lowest BCUT2D eigenvalue weighted by atomic mass is 10.0. The molecule has 0 saturated heterocycles. The summed E-state index contributed by atoms with van der Waals surface area (Å²) in [6, 6.07) is 13.1. The lowest BCUT2D eigenvalue weighted by Crippen LogP contribution is -2.37. The molecule has 29 heavy (non-hydrogen) atoms. The molecule has 1 aliphatic rings. The van der Waals surface area contributed by atoms with Gasteiger partial charge in [-0.25, -0.2) is 0 Å². The van der Waals surface area contributed by atoms with Gasteiger partial charge in [0.2, 0.25) is 23.2 Å². The van der Waals surface area contributed by atoms with Crippen molar-refractivity contribution in [3.8, 4) is 17.1 Å². The monoisotopic (exact) mass is 426 g/mol. The van der Waals surface area contributed by atoms with E-state index < -0.39 is 6.23 Å². The molecule has 0 bridgehead atoms. The third kappa shape index (κ3) is 3.68. The third-order valence-corrected chi connectivity index (χ3v) is 5.46. The highest BCUT2D eigenvalue weighted by molar-refractivity contribution is 7.98. The van der Waals surface area contributed by atoms with E-state index in [1.54, 1.807) is 17.0 Å². The van der Waals surface area contributed by atoms with E-state index in [9.17, 15) is 4.79 Å². The fraction of sp³-hybridized carbons (Fsp3) is 0.238. The largest absolute Gasteiger partial charge is 0.447 e. The molecule has 3 aromatic rings. The number of halogens is 1. The molecule has 0 radical (unpaired) electrons. The van der Waals surface area contributed by atoms with Crippen LogP contribution in [0, 0.1) is 6.92 Å². The molecule has 4 rings (SSSR count). The van der Waals surface area contributed by atoms with Gasteiger partial charge in [0.25, 0.3) is 0 Å². The summed E-state index contributed by atoms with van der Waals surface area (Å²) in [7, 11) is 0. The molecule has 148 valence electrons. The Morgan fingerprint density at radius 3 is 2.66 bits per heavy atom. The third-order valence-electron chi connectivity index (χ3n) is 4.67. The number of fused-ring (bicyclic) bond motifs is 3. The van der Waals surface area contributed by atoms with Crippen LogP contribution in [-0.2, 0) is 4.79 Å². The first kappa shape index (κ1) is 19.7. The maximum absolute atomic E-state index is 13.1. The molecule has 6 nitrogen and oxygen atoms in total. The Hall–Kier alpha value is -2.64. The summed E-state index contributed by atoms with van der Waals surface area (Å²) < 4.78 is 6.32. The van der Waals surface area contributed by atoms with Crippen molar-refractivity contribution in [2.75, 3.05) is 11.2 Å². The first-order chi connectivity index (χ1) is 14.0. The number of benzene rings is 2. The van der Waals surface area contributed by atoms with Crippen LogP contribution in [0.15, 0.2) is 47.6 Å². The number of hydrogen-bond donors (Lipinski definition) is 0. The second kappa shape index (κ2) is 8.00. The summed E-state index contributed by atoms with van der Waals surface area (Å²) in [6.07, 6.45) is 1.50. The van der Waals surface area contributed by atoms with Gasteiger partial charge in [0, 0.05) is 22.6 Å². The number of aryl methyl sites for hydroxylation is 1. The summed E-state index contributed by atoms with van der Waals surface area (Å²) in [5.74, 6) is 0.281. The number of ether oxygens (including phenoxy) is 1. The molecule has 1 atom stereocenters. The zero-order chi connectivity index (χ0) is 20.5. The van der Waals surface area contributed by atoms with Crippen LogP contribution in [0.25, 0.3) is 11.3 Å². The summed E-state index contributed by atoms with van der Waals surface area (Å²) in [4.78, 5) is 19.3. The van der Waals surface area contributed by atoms with E-state index in [-0.39, 0.29) is 5.91 Å². The fourth-order valence-corrected chi connectivity index (χ4v) is 3.67. The normalized spacial score (nSPS) is 15.2. The van der Waals surface area contributed by atoms with Gasteiger partial charge < -0.3 is 4.74 Å². The molecular weight excluding hydrogens is 408 g/mol. The van der Waals surface area contributed by atoms with Gasteiger partial charge in [-0.1, -0.05) is 54.0 Å². The topological polar surface area (TPSA) is 68.2 Å². The average Bonchev–Trinajstić information content (AvgIpc) is 2.87. The maximum Gasteiger partial charge on any atom is 0.247 e. The van der Waals surface area contributed by atoms with Gasteiger partial charge in [0.15, 0.2) is 5.69 Å². The number of thioether (sulfide) groups is 1.